The molecule has 2 aromatic carbocycles. The molecule has 0 bridgehead atoms. The number of hydrogen-bond acceptors (Lipinski definition) is 7. The Balaban J connectivity index is 1.30. The van der Waals surface area contributed by atoms with Crippen LogP contribution in [0, 0.1) is 5.82 Å². The van der Waals surface area contributed by atoms with Crippen molar-refractivity contribution in [2.75, 3.05) is 13.3 Å². The zero-order valence-electron chi connectivity index (χ0n) is 17.6. The maximum Gasteiger partial charge on any atom is 0.268 e. The smallest absolute Gasteiger partial charge is 0.268 e. The zero-order valence-corrected chi connectivity index (χ0v) is 17.6. The summed E-state index contributed by atoms with van der Waals surface area (Å²) in [6.07, 6.45) is 0.647. The third kappa shape index (κ3) is 3.30. The first-order valence-corrected chi connectivity index (χ1v) is 10.4. The molecule has 0 saturated carbocycles. The number of benzene rings is 2. The largest absolute Gasteiger partial charge is 0.454 e. The fourth-order valence-electron chi connectivity index (χ4n) is 4.18. The average Bonchev–Trinajstić information content (AvgIpc) is 3.57. The second-order valence-corrected chi connectivity index (χ2v) is 7.86. The Kier molecular flexibility index (Phi) is 4.39. The van der Waals surface area contributed by atoms with Crippen molar-refractivity contribution in [3.05, 3.63) is 65.1 Å². The summed E-state index contributed by atoms with van der Waals surface area (Å²) < 4.78 is 31.6. The Labute approximate surface area is 187 Å². The van der Waals surface area contributed by atoms with Crippen molar-refractivity contribution in [2.45, 2.75) is 13.0 Å². The van der Waals surface area contributed by atoms with Gasteiger partial charge in [0.1, 0.15) is 5.82 Å². The number of fused-ring (bicyclic) bond motifs is 2. The second-order valence-electron chi connectivity index (χ2n) is 7.86. The molecule has 2 aromatic heterocycles. The SMILES string of the molecule is Cn1nc(-c2nnc(-c3ccc(F)cc3)o2)c2c1CCN(C(=O)c1ccc3c(c1)OCO3)C2. The third-order valence-electron chi connectivity index (χ3n) is 5.87. The fourth-order valence-corrected chi connectivity index (χ4v) is 4.18. The number of nitrogens with zero attached hydrogens (tertiary/aromatic N) is 5. The number of aromatic nitrogens is 4. The predicted molar refractivity (Wildman–Crippen MR) is 113 cm³/mol. The minimum Gasteiger partial charge on any atom is -0.454 e. The van der Waals surface area contributed by atoms with Crippen LogP contribution in [-0.4, -0.2) is 44.1 Å². The number of hydrogen-bond donors (Lipinski definition) is 0. The van der Waals surface area contributed by atoms with Crippen molar-refractivity contribution in [1.29, 1.82) is 0 Å². The van der Waals surface area contributed by atoms with E-state index in [-0.39, 0.29) is 30.3 Å². The highest BCUT2D eigenvalue weighted by atomic mass is 19.1. The van der Waals surface area contributed by atoms with Gasteiger partial charge in [-0.1, -0.05) is 0 Å². The van der Waals surface area contributed by atoms with E-state index in [1.54, 1.807) is 39.9 Å². The van der Waals surface area contributed by atoms with E-state index in [2.05, 4.69) is 15.3 Å². The molecule has 0 N–H and O–H groups in total. The highest BCUT2D eigenvalue weighted by Crippen LogP contribution is 2.34. The summed E-state index contributed by atoms with van der Waals surface area (Å²) in [6, 6.07) is 11.0. The van der Waals surface area contributed by atoms with Crippen LogP contribution in [-0.2, 0) is 20.0 Å². The van der Waals surface area contributed by atoms with Gasteiger partial charge in [0.2, 0.25) is 12.7 Å². The highest BCUT2D eigenvalue weighted by molar-refractivity contribution is 5.95. The van der Waals surface area contributed by atoms with Gasteiger partial charge in [-0.3, -0.25) is 9.48 Å². The molecular formula is C23H18FN5O4. The van der Waals surface area contributed by atoms with Gasteiger partial charge < -0.3 is 18.8 Å². The molecule has 0 atom stereocenters. The van der Waals surface area contributed by atoms with Crippen molar-refractivity contribution < 1.29 is 23.1 Å². The lowest BCUT2D eigenvalue weighted by Crippen LogP contribution is -2.36. The van der Waals surface area contributed by atoms with E-state index in [9.17, 15) is 9.18 Å². The van der Waals surface area contributed by atoms with E-state index >= 15 is 0 Å². The summed E-state index contributed by atoms with van der Waals surface area (Å²) in [4.78, 5) is 15.0. The number of amides is 1. The summed E-state index contributed by atoms with van der Waals surface area (Å²) in [7, 11) is 1.86. The van der Waals surface area contributed by atoms with Crippen LogP contribution < -0.4 is 9.47 Å². The number of carbonyl (C=O) groups is 1. The molecule has 2 aliphatic rings. The Hall–Kier alpha value is -4.21. The van der Waals surface area contributed by atoms with Gasteiger partial charge in [-0.2, -0.15) is 5.10 Å². The van der Waals surface area contributed by atoms with Crippen LogP contribution in [0.3, 0.4) is 0 Å². The molecule has 0 unspecified atom stereocenters. The van der Waals surface area contributed by atoms with Gasteiger partial charge >= 0.3 is 0 Å². The van der Waals surface area contributed by atoms with Crippen LogP contribution in [0.5, 0.6) is 11.5 Å². The van der Waals surface area contributed by atoms with Crippen LogP contribution in [0.25, 0.3) is 23.0 Å². The topological polar surface area (TPSA) is 95.5 Å². The van der Waals surface area contributed by atoms with Gasteiger partial charge in [0, 0.05) is 42.4 Å². The summed E-state index contributed by atoms with van der Waals surface area (Å²) in [5, 5.41) is 12.8. The summed E-state index contributed by atoms with van der Waals surface area (Å²) in [5.41, 5.74) is 3.56. The summed E-state index contributed by atoms with van der Waals surface area (Å²) in [5.74, 6) is 1.28. The normalized spacial score (nSPS) is 14.4. The highest BCUT2D eigenvalue weighted by Gasteiger charge is 2.30. The van der Waals surface area contributed by atoms with Crippen molar-refractivity contribution in [2.24, 2.45) is 7.05 Å². The monoisotopic (exact) mass is 447 g/mol. The first-order chi connectivity index (χ1) is 16.1. The standard InChI is InChI=1S/C23H18FN5O4/c1-28-17-8-9-29(23(30)14-4-7-18-19(10-14)32-12-31-18)11-16(17)20(27-28)22-26-25-21(33-22)13-2-5-15(24)6-3-13/h2-7,10H,8-9,11-12H2,1H3. The summed E-state index contributed by atoms with van der Waals surface area (Å²) in [6.45, 7) is 1.08. The number of ether oxygens (including phenoxy) is 2. The van der Waals surface area contributed by atoms with Gasteiger partial charge in [0.25, 0.3) is 11.8 Å². The molecule has 0 radical (unpaired) electrons. The van der Waals surface area contributed by atoms with Crippen molar-refractivity contribution in [3.8, 4) is 34.5 Å². The Bertz CT molecular complexity index is 1380. The predicted octanol–water partition coefficient (Wildman–Crippen LogP) is 3.20. The maximum absolute atomic E-state index is 13.2. The lowest BCUT2D eigenvalue weighted by atomic mass is 10.0. The van der Waals surface area contributed by atoms with Crippen LogP contribution in [0.4, 0.5) is 4.39 Å². The van der Waals surface area contributed by atoms with Gasteiger partial charge in [0.15, 0.2) is 17.2 Å². The van der Waals surface area contributed by atoms with Crippen molar-refractivity contribution in [3.63, 3.8) is 0 Å². The van der Waals surface area contributed by atoms with E-state index in [0.29, 0.717) is 47.8 Å². The molecule has 0 fully saturated rings. The second kappa shape index (κ2) is 7.44. The number of halogens is 1. The van der Waals surface area contributed by atoms with Crippen LogP contribution in [0.15, 0.2) is 46.9 Å². The fraction of sp³-hybridized carbons (Fsp3) is 0.217. The molecule has 0 aliphatic carbocycles. The minimum absolute atomic E-state index is 0.105. The Morgan fingerprint density at radius 3 is 2.67 bits per heavy atom. The Morgan fingerprint density at radius 2 is 1.82 bits per heavy atom. The Morgan fingerprint density at radius 1 is 1.03 bits per heavy atom. The lowest BCUT2D eigenvalue weighted by Gasteiger charge is -2.27. The van der Waals surface area contributed by atoms with Gasteiger partial charge in [-0.05, 0) is 42.5 Å². The molecule has 166 valence electrons. The minimum atomic E-state index is -0.343. The van der Waals surface area contributed by atoms with E-state index in [1.165, 1.54) is 12.1 Å². The molecule has 4 heterocycles. The molecule has 2 aliphatic heterocycles. The van der Waals surface area contributed by atoms with Gasteiger partial charge in [0.05, 0.1) is 6.54 Å². The van der Waals surface area contributed by atoms with E-state index in [4.69, 9.17) is 13.9 Å². The van der Waals surface area contributed by atoms with E-state index in [1.807, 2.05) is 7.05 Å². The number of aryl methyl sites for hydroxylation is 1. The summed E-state index contributed by atoms with van der Waals surface area (Å²) >= 11 is 0. The maximum atomic E-state index is 13.2. The van der Waals surface area contributed by atoms with Crippen molar-refractivity contribution >= 4 is 5.91 Å². The first kappa shape index (κ1) is 19.5. The zero-order chi connectivity index (χ0) is 22.5. The molecule has 4 aromatic rings. The molecule has 10 heteroatoms. The molecule has 33 heavy (non-hydrogen) atoms. The van der Waals surface area contributed by atoms with Gasteiger partial charge in [-0.25, -0.2) is 4.39 Å². The van der Waals surface area contributed by atoms with Gasteiger partial charge in [-0.15, -0.1) is 10.2 Å². The molecule has 6 rings (SSSR count). The van der Waals surface area contributed by atoms with Crippen LogP contribution in [0.1, 0.15) is 21.6 Å². The quantitative estimate of drug-likeness (QED) is 0.476. The van der Waals surface area contributed by atoms with Crippen molar-refractivity contribution in [1.82, 2.24) is 24.9 Å². The first-order valence-electron chi connectivity index (χ1n) is 10.4. The lowest BCUT2D eigenvalue weighted by molar-refractivity contribution is 0.0733. The molecule has 1 amide bonds. The average molecular weight is 447 g/mol. The molecule has 0 spiro atoms. The van der Waals surface area contributed by atoms with Crippen LogP contribution in [0.2, 0.25) is 0 Å². The molecule has 9 nitrogen and oxygen atoms in total. The third-order valence-corrected chi connectivity index (χ3v) is 5.87. The number of carbonyl (C=O) groups excluding carboxylic acids is 1. The van der Waals surface area contributed by atoms with E-state index in [0.717, 1.165) is 11.3 Å². The van der Waals surface area contributed by atoms with E-state index < -0.39 is 0 Å². The molecule has 0 saturated heterocycles. The van der Waals surface area contributed by atoms with Crippen LogP contribution >= 0.6 is 0 Å². The molecular weight excluding hydrogens is 429 g/mol. The number of rotatable bonds is 3.